The van der Waals surface area contributed by atoms with E-state index in [1.807, 2.05) is 51.1 Å². The number of anilines is 1. The maximum atomic E-state index is 12.1. The third-order valence-corrected chi connectivity index (χ3v) is 4.13. The monoisotopic (exact) mass is 374 g/mol. The minimum absolute atomic E-state index is 0.0682. The Morgan fingerprint density at radius 3 is 2.35 bits per heavy atom. The average Bonchev–Trinajstić information content (AvgIpc) is 2.50. The lowest BCUT2D eigenvalue weighted by atomic mass is 10.1. The van der Waals surface area contributed by atoms with Gasteiger partial charge >= 0.3 is 0 Å². The molecule has 2 aromatic rings. The Labute approximate surface area is 144 Å². The lowest BCUT2D eigenvalue weighted by Crippen LogP contribution is -2.33. The van der Waals surface area contributed by atoms with Crippen LogP contribution in [0.5, 0.6) is 0 Å². The van der Waals surface area contributed by atoms with Crippen LogP contribution < -0.4 is 10.6 Å². The number of carbonyl (C=O) groups excluding carboxylic acids is 2. The third kappa shape index (κ3) is 4.66. The molecule has 0 aromatic heterocycles. The number of amides is 2. The Hall–Kier alpha value is -2.14. The van der Waals surface area contributed by atoms with Crippen molar-refractivity contribution in [2.24, 2.45) is 0 Å². The molecule has 0 heterocycles. The van der Waals surface area contributed by atoms with Gasteiger partial charge in [-0.2, -0.15) is 0 Å². The van der Waals surface area contributed by atoms with E-state index in [0.717, 1.165) is 26.9 Å². The average molecular weight is 375 g/mol. The van der Waals surface area contributed by atoms with Crippen LogP contribution in [0.2, 0.25) is 0 Å². The maximum absolute atomic E-state index is 12.1. The molecular weight excluding hydrogens is 356 g/mol. The quantitative estimate of drug-likeness (QED) is 0.855. The number of rotatable bonds is 4. The lowest BCUT2D eigenvalue weighted by molar-refractivity contribution is -0.115. The number of halogens is 1. The first-order valence-electron chi connectivity index (χ1n) is 7.28. The molecule has 0 saturated carbocycles. The molecule has 0 aliphatic heterocycles. The van der Waals surface area contributed by atoms with E-state index in [0.29, 0.717) is 5.56 Å². The van der Waals surface area contributed by atoms with E-state index < -0.39 is 0 Å². The largest absolute Gasteiger partial charge is 0.343 e. The molecule has 0 aliphatic carbocycles. The first kappa shape index (κ1) is 17.2. The first-order chi connectivity index (χ1) is 10.9. The first-order valence-corrected chi connectivity index (χ1v) is 8.07. The van der Waals surface area contributed by atoms with Crippen LogP contribution in [0.15, 0.2) is 40.9 Å². The van der Waals surface area contributed by atoms with Gasteiger partial charge in [0.15, 0.2) is 0 Å². The Kier molecular flexibility index (Phi) is 5.55. The van der Waals surface area contributed by atoms with Crippen molar-refractivity contribution in [1.29, 1.82) is 0 Å². The predicted octanol–water partition coefficient (Wildman–Crippen LogP) is 3.74. The van der Waals surface area contributed by atoms with Crippen molar-refractivity contribution in [3.8, 4) is 0 Å². The molecule has 0 spiro atoms. The molecule has 0 saturated heterocycles. The van der Waals surface area contributed by atoms with Crippen molar-refractivity contribution in [1.82, 2.24) is 5.32 Å². The van der Waals surface area contributed by atoms with Crippen molar-refractivity contribution in [3.05, 3.63) is 63.1 Å². The summed E-state index contributed by atoms with van der Waals surface area (Å²) in [6, 6.07) is 11.1. The van der Waals surface area contributed by atoms with Crippen molar-refractivity contribution in [3.63, 3.8) is 0 Å². The summed E-state index contributed by atoms with van der Waals surface area (Å²) in [5, 5.41) is 5.43. The van der Waals surface area contributed by atoms with Gasteiger partial charge in [0, 0.05) is 15.7 Å². The smallest absolute Gasteiger partial charge is 0.251 e. The molecule has 2 amide bonds. The van der Waals surface area contributed by atoms with Gasteiger partial charge in [-0.15, -0.1) is 0 Å². The Morgan fingerprint density at radius 2 is 1.70 bits per heavy atom. The van der Waals surface area contributed by atoms with Crippen LogP contribution in [0, 0.1) is 20.8 Å². The SMILES string of the molecule is Cc1ccc(C(=O)NCC(=O)Nc2ccc(Br)cc2C)cc1C. The van der Waals surface area contributed by atoms with Crippen LogP contribution in [0.25, 0.3) is 0 Å². The number of hydrogen-bond acceptors (Lipinski definition) is 2. The molecule has 5 heteroatoms. The second kappa shape index (κ2) is 7.42. The summed E-state index contributed by atoms with van der Waals surface area (Å²) in [5.41, 5.74) is 4.42. The summed E-state index contributed by atoms with van der Waals surface area (Å²) in [5.74, 6) is -0.511. The summed E-state index contributed by atoms with van der Waals surface area (Å²) in [7, 11) is 0. The lowest BCUT2D eigenvalue weighted by Gasteiger charge is -2.10. The van der Waals surface area contributed by atoms with Gasteiger partial charge in [-0.3, -0.25) is 9.59 Å². The van der Waals surface area contributed by atoms with Crippen molar-refractivity contribution in [2.75, 3.05) is 11.9 Å². The van der Waals surface area contributed by atoms with Crippen LogP contribution in [0.1, 0.15) is 27.0 Å². The van der Waals surface area contributed by atoms with Gasteiger partial charge in [0.2, 0.25) is 5.91 Å². The zero-order valence-corrected chi connectivity index (χ0v) is 15.0. The maximum Gasteiger partial charge on any atom is 0.251 e. The Bertz CT molecular complexity index is 757. The van der Waals surface area contributed by atoms with E-state index in [9.17, 15) is 9.59 Å². The molecule has 0 atom stereocenters. The molecule has 0 fully saturated rings. The molecule has 2 aromatic carbocycles. The topological polar surface area (TPSA) is 58.2 Å². The summed E-state index contributed by atoms with van der Waals surface area (Å²) >= 11 is 3.38. The van der Waals surface area contributed by atoms with Gasteiger partial charge in [0.25, 0.3) is 5.91 Å². The fraction of sp³-hybridized carbons (Fsp3) is 0.222. The summed E-state index contributed by atoms with van der Waals surface area (Å²) in [6.45, 7) is 5.79. The molecule has 2 rings (SSSR count). The van der Waals surface area contributed by atoms with Gasteiger partial charge in [0.05, 0.1) is 6.54 Å². The van der Waals surface area contributed by atoms with Crippen molar-refractivity contribution < 1.29 is 9.59 Å². The molecule has 0 bridgehead atoms. The number of carbonyl (C=O) groups is 2. The molecule has 0 radical (unpaired) electrons. The van der Waals surface area contributed by atoms with E-state index in [1.165, 1.54) is 0 Å². The number of benzene rings is 2. The van der Waals surface area contributed by atoms with Crippen molar-refractivity contribution in [2.45, 2.75) is 20.8 Å². The second-order valence-corrected chi connectivity index (χ2v) is 6.40. The summed E-state index contributed by atoms with van der Waals surface area (Å²) in [6.07, 6.45) is 0. The molecule has 4 nitrogen and oxygen atoms in total. The molecule has 0 unspecified atom stereocenters. The van der Waals surface area contributed by atoms with Gasteiger partial charge < -0.3 is 10.6 Å². The van der Waals surface area contributed by atoms with Gasteiger partial charge in [-0.05, 0) is 67.8 Å². The minimum atomic E-state index is -0.257. The van der Waals surface area contributed by atoms with Gasteiger partial charge in [0.1, 0.15) is 0 Å². The number of aryl methyl sites for hydroxylation is 3. The van der Waals surface area contributed by atoms with E-state index in [1.54, 1.807) is 6.07 Å². The van der Waals surface area contributed by atoms with Crippen LogP contribution >= 0.6 is 15.9 Å². The van der Waals surface area contributed by atoms with Crippen LogP contribution in [-0.2, 0) is 4.79 Å². The number of nitrogens with one attached hydrogen (secondary N) is 2. The molecule has 23 heavy (non-hydrogen) atoms. The normalized spacial score (nSPS) is 10.3. The van der Waals surface area contributed by atoms with Crippen LogP contribution in [0.3, 0.4) is 0 Å². The van der Waals surface area contributed by atoms with Crippen LogP contribution in [-0.4, -0.2) is 18.4 Å². The fourth-order valence-corrected chi connectivity index (χ4v) is 2.58. The highest BCUT2D eigenvalue weighted by molar-refractivity contribution is 9.10. The second-order valence-electron chi connectivity index (χ2n) is 5.49. The molecule has 2 N–H and O–H groups in total. The van der Waals surface area contributed by atoms with Gasteiger partial charge in [-0.1, -0.05) is 22.0 Å². The Morgan fingerprint density at radius 1 is 0.957 bits per heavy atom. The highest BCUT2D eigenvalue weighted by Crippen LogP contribution is 2.19. The minimum Gasteiger partial charge on any atom is -0.343 e. The van der Waals surface area contributed by atoms with E-state index in [2.05, 4.69) is 26.6 Å². The summed E-state index contributed by atoms with van der Waals surface area (Å²) in [4.78, 5) is 24.0. The third-order valence-electron chi connectivity index (χ3n) is 3.64. The van der Waals surface area contributed by atoms with E-state index in [-0.39, 0.29) is 18.4 Å². The molecule has 120 valence electrons. The predicted molar refractivity (Wildman–Crippen MR) is 95.8 cm³/mol. The zero-order chi connectivity index (χ0) is 17.0. The molecular formula is C18H19BrN2O2. The number of hydrogen-bond donors (Lipinski definition) is 2. The fourth-order valence-electron chi connectivity index (χ4n) is 2.11. The highest BCUT2D eigenvalue weighted by Gasteiger charge is 2.10. The molecule has 0 aliphatic rings. The van der Waals surface area contributed by atoms with E-state index >= 15 is 0 Å². The van der Waals surface area contributed by atoms with Gasteiger partial charge in [-0.25, -0.2) is 0 Å². The standard InChI is InChI=1S/C18H19BrN2O2/c1-11-4-5-14(8-12(11)2)18(23)20-10-17(22)21-16-7-6-15(19)9-13(16)3/h4-9H,10H2,1-3H3,(H,20,23)(H,21,22). The van der Waals surface area contributed by atoms with E-state index in [4.69, 9.17) is 0 Å². The zero-order valence-electron chi connectivity index (χ0n) is 13.4. The van der Waals surface area contributed by atoms with Crippen LogP contribution in [0.4, 0.5) is 5.69 Å². The van der Waals surface area contributed by atoms with Crippen molar-refractivity contribution >= 4 is 33.4 Å². The summed E-state index contributed by atoms with van der Waals surface area (Å²) < 4.78 is 0.955. The Balaban J connectivity index is 1.93. The highest BCUT2D eigenvalue weighted by atomic mass is 79.9.